The zero-order valence-electron chi connectivity index (χ0n) is 8.73. The molecule has 2 unspecified atom stereocenters. The minimum Gasteiger partial charge on any atom is -0.495 e. The Kier molecular flexibility index (Phi) is 3.85. The molecular weight excluding hydrogens is 180 g/mol. The molecule has 0 saturated heterocycles. The zero-order valence-corrected chi connectivity index (χ0v) is 8.73. The molecule has 14 heavy (non-hydrogen) atoms. The van der Waals surface area contributed by atoms with Gasteiger partial charge < -0.3 is 15.2 Å². The average Bonchev–Trinajstić information content (AvgIpc) is 2.27. The van der Waals surface area contributed by atoms with Crippen LogP contribution in [0.5, 0.6) is 5.75 Å². The lowest BCUT2D eigenvalue weighted by Crippen LogP contribution is -2.25. The van der Waals surface area contributed by atoms with Gasteiger partial charge in [-0.25, -0.2) is 0 Å². The van der Waals surface area contributed by atoms with Gasteiger partial charge in [-0.3, -0.25) is 4.98 Å². The van der Waals surface area contributed by atoms with Crippen molar-refractivity contribution in [3.63, 3.8) is 0 Å². The Morgan fingerprint density at radius 2 is 2.07 bits per heavy atom. The van der Waals surface area contributed by atoms with Crippen molar-refractivity contribution in [2.75, 3.05) is 14.2 Å². The fourth-order valence-electron chi connectivity index (χ4n) is 1.15. The number of methoxy groups -OCH3 is 2. The molecule has 1 aromatic rings. The first kappa shape index (κ1) is 10.9. The molecule has 0 aliphatic rings. The molecule has 4 nitrogen and oxygen atoms in total. The second-order valence-corrected chi connectivity index (χ2v) is 3.12. The maximum atomic E-state index is 5.95. The van der Waals surface area contributed by atoms with Gasteiger partial charge in [0, 0.05) is 13.3 Å². The maximum Gasteiger partial charge on any atom is 0.137 e. The summed E-state index contributed by atoms with van der Waals surface area (Å²) in [5.41, 5.74) is 6.87. The summed E-state index contributed by atoms with van der Waals surface area (Å²) in [4.78, 5) is 4.03. The first-order valence-electron chi connectivity index (χ1n) is 4.46. The van der Waals surface area contributed by atoms with Gasteiger partial charge in [0.1, 0.15) is 5.75 Å². The summed E-state index contributed by atoms with van der Waals surface area (Å²) in [6.07, 6.45) is 3.33. The minimum atomic E-state index is -0.178. The van der Waals surface area contributed by atoms with Crippen molar-refractivity contribution in [3.8, 4) is 5.75 Å². The number of pyridine rings is 1. The van der Waals surface area contributed by atoms with E-state index in [2.05, 4.69) is 4.98 Å². The van der Waals surface area contributed by atoms with Crippen LogP contribution in [-0.2, 0) is 4.74 Å². The maximum absolute atomic E-state index is 5.95. The van der Waals surface area contributed by atoms with Gasteiger partial charge >= 0.3 is 0 Å². The quantitative estimate of drug-likeness (QED) is 0.784. The van der Waals surface area contributed by atoms with Crippen molar-refractivity contribution in [2.24, 2.45) is 5.73 Å². The first-order chi connectivity index (χ1) is 6.69. The molecule has 4 heteroatoms. The zero-order chi connectivity index (χ0) is 10.6. The van der Waals surface area contributed by atoms with E-state index in [0.29, 0.717) is 5.75 Å². The third kappa shape index (κ3) is 2.43. The second-order valence-electron chi connectivity index (χ2n) is 3.12. The van der Waals surface area contributed by atoms with Gasteiger partial charge in [-0.05, 0) is 18.6 Å². The highest BCUT2D eigenvalue weighted by Gasteiger charge is 2.14. The van der Waals surface area contributed by atoms with E-state index in [0.717, 1.165) is 5.56 Å². The highest BCUT2D eigenvalue weighted by Crippen LogP contribution is 2.19. The van der Waals surface area contributed by atoms with Crippen molar-refractivity contribution >= 4 is 0 Å². The van der Waals surface area contributed by atoms with Crippen LogP contribution in [0.2, 0.25) is 0 Å². The third-order valence-electron chi connectivity index (χ3n) is 2.23. The predicted molar refractivity (Wildman–Crippen MR) is 54.2 cm³/mol. The third-order valence-corrected chi connectivity index (χ3v) is 2.23. The van der Waals surface area contributed by atoms with Crippen LogP contribution in [0, 0.1) is 0 Å². The van der Waals surface area contributed by atoms with Crippen LogP contribution >= 0.6 is 0 Å². The van der Waals surface area contributed by atoms with Crippen LogP contribution in [0.15, 0.2) is 18.5 Å². The number of hydrogen-bond acceptors (Lipinski definition) is 4. The summed E-state index contributed by atoms with van der Waals surface area (Å²) in [6, 6.07) is 1.69. The number of hydrogen-bond donors (Lipinski definition) is 1. The molecule has 0 fully saturated rings. The van der Waals surface area contributed by atoms with Crippen LogP contribution < -0.4 is 10.5 Å². The molecule has 0 spiro atoms. The molecule has 0 radical (unpaired) electrons. The van der Waals surface area contributed by atoms with Crippen molar-refractivity contribution in [1.29, 1.82) is 0 Å². The predicted octanol–water partition coefficient (Wildman–Crippen LogP) is 1.12. The van der Waals surface area contributed by atoms with E-state index in [4.69, 9.17) is 15.2 Å². The van der Waals surface area contributed by atoms with Gasteiger partial charge in [-0.15, -0.1) is 0 Å². The van der Waals surface area contributed by atoms with E-state index < -0.39 is 0 Å². The fourth-order valence-corrected chi connectivity index (χ4v) is 1.15. The summed E-state index contributed by atoms with van der Waals surface area (Å²) in [5.74, 6) is 0.709. The van der Waals surface area contributed by atoms with Gasteiger partial charge in [0.25, 0.3) is 0 Å². The molecule has 1 heterocycles. The van der Waals surface area contributed by atoms with E-state index >= 15 is 0 Å². The number of rotatable bonds is 4. The van der Waals surface area contributed by atoms with E-state index in [1.807, 2.05) is 13.0 Å². The second kappa shape index (κ2) is 4.93. The molecule has 0 bridgehead atoms. The number of ether oxygens (including phenoxy) is 2. The first-order valence-corrected chi connectivity index (χ1v) is 4.46. The van der Waals surface area contributed by atoms with Crippen LogP contribution in [0.4, 0.5) is 0 Å². The number of nitrogens with two attached hydrogens (primary N) is 1. The Morgan fingerprint density at radius 1 is 1.36 bits per heavy atom. The van der Waals surface area contributed by atoms with Gasteiger partial charge in [-0.2, -0.15) is 0 Å². The highest BCUT2D eigenvalue weighted by atomic mass is 16.5. The van der Waals surface area contributed by atoms with E-state index in [1.54, 1.807) is 26.6 Å². The normalized spacial score (nSPS) is 14.9. The van der Waals surface area contributed by atoms with E-state index in [9.17, 15) is 0 Å². The molecule has 2 atom stereocenters. The Balaban J connectivity index is 2.83. The average molecular weight is 196 g/mol. The van der Waals surface area contributed by atoms with Crippen molar-refractivity contribution in [1.82, 2.24) is 4.98 Å². The topological polar surface area (TPSA) is 57.4 Å². The summed E-state index contributed by atoms with van der Waals surface area (Å²) >= 11 is 0. The Bertz CT molecular complexity index is 291. The van der Waals surface area contributed by atoms with Gasteiger partial charge in [-0.1, -0.05) is 0 Å². The Morgan fingerprint density at radius 3 is 2.64 bits per heavy atom. The van der Waals surface area contributed by atoms with Crippen molar-refractivity contribution in [2.45, 2.75) is 19.1 Å². The largest absolute Gasteiger partial charge is 0.495 e. The minimum absolute atomic E-state index is 0.0380. The van der Waals surface area contributed by atoms with Crippen LogP contribution in [0.1, 0.15) is 18.5 Å². The van der Waals surface area contributed by atoms with Gasteiger partial charge in [0.15, 0.2) is 0 Å². The molecule has 0 aliphatic carbocycles. The van der Waals surface area contributed by atoms with E-state index in [1.165, 1.54) is 0 Å². The van der Waals surface area contributed by atoms with Crippen LogP contribution in [-0.4, -0.2) is 25.3 Å². The highest BCUT2D eigenvalue weighted by molar-refractivity contribution is 5.26. The summed E-state index contributed by atoms with van der Waals surface area (Å²) in [5, 5.41) is 0. The molecule has 1 rings (SSSR count). The molecular formula is C10H16N2O2. The molecule has 0 aliphatic heterocycles. The summed E-state index contributed by atoms with van der Waals surface area (Å²) in [6.45, 7) is 1.92. The molecule has 0 aromatic carbocycles. The fraction of sp³-hybridized carbons (Fsp3) is 0.500. The SMILES string of the molecule is COc1cncc(C(N)C(C)OC)c1. The van der Waals surface area contributed by atoms with Crippen LogP contribution in [0.25, 0.3) is 0 Å². The smallest absolute Gasteiger partial charge is 0.137 e. The lowest BCUT2D eigenvalue weighted by molar-refractivity contribution is 0.0955. The molecule has 1 aromatic heterocycles. The molecule has 0 saturated carbocycles. The molecule has 78 valence electrons. The van der Waals surface area contributed by atoms with Gasteiger partial charge in [0.2, 0.25) is 0 Å². The lowest BCUT2D eigenvalue weighted by Gasteiger charge is -2.18. The molecule has 0 amide bonds. The van der Waals surface area contributed by atoms with E-state index in [-0.39, 0.29) is 12.1 Å². The number of aromatic nitrogens is 1. The standard InChI is InChI=1S/C10H16N2O2/c1-7(13-2)10(11)8-4-9(14-3)6-12-5-8/h4-7,10H,11H2,1-3H3. The van der Waals surface area contributed by atoms with Gasteiger partial charge in [0.05, 0.1) is 25.5 Å². The number of nitrogens with zero attached hydrogens (tertiary/aromatic N) is 1. The summed E-state index contributed by atoms with van der Waals surface area (Å²) < 4.78 is 10.2. The molecule has 2 N–H and O–H groups in total. The van der Waals surface area contributed by atoms with Crippen LogP contribution in [0.3, 0.4) is 0 Å². The Labute approximate surface area is 84.0 Å². The lowest BCUT2D eigenvalue weighted by atomic mass is 10.1. The van der Waals surface area contributed by atoms with Crippen molar-refractivity contribution in [3.05, 3.63) is 24.0 Å². The monoisotopic (exact) mass is 196 g/mol. The van der Waals surface area contributed by atoms with Crippen molar-refractivity contribution < 1.29 is 9.47 Å². The summed E-state index contributed by atoms with van der Waals surface area (Å²) in [7, 11) is 3.24. The Hall–Kier alpha value is -1.13.